The Morgan fingerprint density at radius 2 is 1.23 bits per heavy atom. The second-order valence-electron chi connectivity index (χ2n) is 6.48. The zero-order chi connectivity index (χ0) is 21.0. The van der Waals surface area contributed by atoms with Crippen molar-refractivity contribution in [3.63, 3.8) is 0 Å². The average Bonchev–Trinajstić information content (AvgIpc) is 2.80. The van der Waals surface area contributed by atoms with Crippen LogP contribution in [0, 0.1) is 0 Å². The smallest absolute Gasteiger partial charge is 0.339 e. The minimum absolute atomic E-state index is 0.128. The van der Waals surface area contributed by atoms with Crippen LogP contribution in [-0.4, -0.2) is 25.0 Å². The predicted octanol–water partition coefficient (Wildman–Crippen LogP) is 5.00. The second kappa shape index (κ2) is 11.2. The number of carbonyl (C=O) groups excluding carboxylic acids is 2. The van der Waals surface area contributed by atoms with Crippen molar-refractivity contribution in [2.24, 2.45) is 0 Å². The molecule has 0 aromatic heterocycles. The SMILES string of the molecule is O=C(NC/C=C/c1ccccc1)c1ccccc1C(=O)OC/C=C/c1ccccc1. The van der Waals surface area contributed by atoms with E-state index < -0.39 is 5.97 Å². The fourth-order valence-corrected chi connectivity index (χ4v) is 2.82. The summed E-state index contributed by atoms with van der Waals surface area (Å²) in [6, 6.07) is 26.2. The van der Waals surface area contributed by atoms with Crippen molar-refractivity contribution in [1.82, 2.24) is 5.32 Å². The van der Waals surface area contributed by atoms with Gasteiger partial charge in [-0.25, -0.2) is 4.79 Å². The molecule has 3 aromatic rings. The Hall–Kier alpha value is -3.92. The van der Waals surface area contributed by atoms with E-state index in [1.807, 2.05) is 78.9 Å². The number of esters is 1. The highest BCUT2D eigenvalue weighted by Crippen LogP contribution is 2.11. The number of benzene rings is 3. The number of hydrogen-bond acceptors (Lipinski definition) is 3. The Bertz CT molecular complexity index is 940. The lowest BCUT2D eigenvalue weighted by molar-refractivity contribution is 0.0546. The van der Waals surface area contributed by atoms with E-state index in [0.717, 1.165) is 11.1 Å². The molecule has 0 fully saturated rings. The topological polar surface area (TPSA) is 55.4 Å². The molecule has 3 rings (SSSR count). The van der Waals surface area contributed by atoms with Crippen LogP contribution in [0.5, 0.6) is 0 Å². The third-order valence-corrected chi connectivity index (χ3v) is 4.30. The molecule has 4 nitrogen and oxygen atoms in total. The monoisotopic (exact) mass is 397 g/mol. The van der Waals surface area contributed by atoms with E-state index in [1.54, 1.807) is 30.3 Å². The van der Waals surface area contributed by atoms with E-state index in [0.29, 0.717) is 12.1 Å². The van der Waals surface area contributed by atoms with Crippen molar-refractivity contribution in [3.8, 4) is 0 Å². The molecule has 0 aliphatic heterocycles. The lowest BCUT2D eigenvalue weighted by Gasteiger charge is -2.08. The number of ether oxygens (including phenoxy) is 1. The zero-order valence-electron chi connectivity index (χ0n) is 16.5. The summed E-state index contributed by atoms with van der Waals surface area (Å²) in [6.07, 6.45) is 7.44. The third kappa shape index (κ3) is 6.31. The van der Waals surface area contributed by atoms with E-state index >= 15 is 0 Å². The van der Waals surface area contributed by atoms with Crippen LogP contribution in [0.25, 0.3) is 12.2 Å². The summed E-state index contributed by atoms with van der Waals surface area (Å²) < 4.78 is 5.30. The highest BCUT2D eigenvalue weighted by molar-refractivity contribution is 6.05. The molecule has 0 saturated carbocycles. The van der Waals surface area contributed by atoms with Gasteiger partial charge in [-0.3, -0.25) is 4.79 Å². The Balaban J connectivity index is 1.55. The molecule has 0 heterocycles. The van der Waals surface area contributed by atoms with Crippen molar-refractivity contribution in [1.29, 1.82) is 0 Å². The fraction of sp³-hybridized carbons (Fsp3) is 0.0769. The molecule has 0 saturated heterocycles. The Labute approximate surface area is 176 Å². The van der Waals surface area contributed by atoms with Gasteiger partial charge in [0, 0.05) is 6.54 Å². The number of amides is 1. The fourth-order valence-electron chi connectivity index (χ4n) is 2.82. The van der Waals surface area contributed by atoms with Crippen molar-refractivity contribution in [2.45, 2.75) is 0 Å². The van der Waals surface area contributed by atoms with Crippen LogP contribution in [-0.2, 0) is 4.74 Å². The largest absolute Gasteiger partial charge is 0.458 e. The second-order valence-corrected chi connectivity index (χ2v) is 6.48. The Kier molecular flexibility index (Phi) is 7.75. The molecule has 1 amide bonds. The quantitative estimate of drug-likeness (QED) is 0.544. The minimum atomic E-state index is -0.529. The molecule has 0 unspecified atom stereocenters. The van der Waals surface area contributed by atoms with Crippen LogP contribution in [0.4, 0.5) is 0 Å². The molecule has 150 valence electrons. The van der Waals surface area contributed by atoms with Gasteiger partial charge in [0.1, 0.15) is 6.61 Å². The highest BCUT2D eigenvalue weighted by atomic mass is 16.5. The number of nitrogens with one attached hydrogen (secondary N) is 1. The van der Waals surface area contributed by atoms with Gasteiger partial charge in [0.25, 0.3) is 5.91 Å². The molecule has 0 aliphatic carbocycles. The summed E-state index contributed by atoms with van der Waals surface area (Å²) in [5.74, 6) is -0.849. The van der Waals surface area contributed by atoms with E-state index in [4.69, 9.17) is 4.74 Å². The molecule has 30 heavy (non-hydrogen) atoms. The average molecular weight is 397 g/mol. The lowest BCUT2D eigenvalue weighted by atomic mass is 10.1. The van der Waals surface area contributed by atoms with E-state index in [-0.39, 0.29) is 18.1 Å². The van der Waals surface area contributed by atoms with Crippen molar-refractivity contribution < 1.29 is 14.3 Å². The summed E-state index contributed by atoms with van der Waals surface area (Å²) in [5.41, 5.74) is 2.62. The predicted molar refractivity (Wildman–Crippen MR) is 120 cm³/mol. The summed E-state index contributed by atoms with van der Waals surface area (Å²) in [4.78, 5) is 25.0. The maximum atomic E-state index is 12.5. The summed E-state index contributed by atoms with van der Waals surface area (Å²) in [5, 5.41) is 2.81. The van der Waals surface area contributed by atoms with Gasteiger partial charge in [-0.2, -0.15) is 0 Å². The molecule has 1 N–H and O–H groups in total. The van der Waals surface area contributed by atoms with Crippen LogP contribution in [0.1, 0.15) is 31.8 Å². The highest BCUT2D eigenvalue weighted by Gasteiger charge is 2.16. The lowest BCUT2D eigenvalue weighted by Crippen LogP contribution is -2.25. The maximum Gasteiger partial charge on any atom is 0.339 e. The van der Waals surface area contributed by atoms with Gasteiger partial charge >= 0.3 is 5.97 Å². The first-order valence-electron chi connectivity index (χ1n) is 9.71. The number of rotatable bonds is 8. The Morgan fingerprint density at radius 1 is 0.700 bits per heavy atom. The van der Waals surface area contributed by atoms with Crippen LogP contribution in [0.2, 0.25) is 0 Å². The molecule has 0 aliphatic rings. The van der Waals surface area contributed by atoms with E-state index in [2.05, 4.69) is 5.32 Å². The van der Waals surface area contributed by atoms with Crippen LogP contribution in [0.15, 0.2) is 97.1 Å². The summed E-state index contributed by atoms with van der Waals surface area (Å²) in [6.45, 7) is 0.487. The van der Waals surface area contributed by atoms with E-state index in [1.165, 1.54) is 0 Å². The summed E-state index contributed by atoms with van der Waals surface area (Å²) in [7, 11) is 0. The maximum absolute atomic E-state index is 12.5. The molecular weight excluding hydrogens is 374 g/mol. The number of carbonyl (C=O) groups is 2. The van der Waals surface area contributed by atoms with Gasteiger partial charge in [-0.15, -0.1) is 0 Å². The van der Waals surface area contributed by atoms with Crippen LogP contribution >= 0.6 is 0 Å². The molecule has 3 aromatic carbocycles. The molecule has 0 radical (unpaired) electrons. The normalized spacial score (nSPS) is 10.9. The molecule has 0 spiro atoms. The standard InChI is InChI=1S/C26H23NO3/c28-25(27-19-9-15-21-11-3-1-4-12-21)23-17-7-8-18-24(23)26(29)30-20-10-16-22-13-5-2-6-14-22/h1-18H,19-20H2,(H,27,28)/b15-9+,16-10+. The van der Waals surface area contributed by atoms with E-state index in [9.17, 15) is 9.59 Å². The van der Waals surface area contributed by atoms with Gasteiger partial charge < -0.3 is 10.1 Å². The minimum Gasteiger partial charge on any atom is -0.458 e. The summed E-state index contributed by atoms with van der Waals surface area (Å²) >= 11 is 0. The van der Waals surface area contributed by atoms with Crippen molar-refractivity contribution in [3.05, 3.63) is 119 Å². The third-order valence-electron chi connectivity index (χ3n) is 4.30. The van der Waals surface area contributed by atoms with Crippen LogP contribution < -0.4 is 5.32 Å². The first-order valence-corrected chi connectivity index (χ1v) is 9.71. The van der Waals surface area contributed by atoms with Crippen molar-refractivity contribution >= 4 is 24.0 Å². The van der Waals surface area contributed by atoms with Gasteiger partial charge in [0.15, 0.2) is 0 Å². The van der Waals surface area contributed by atoms with Gasteiger partial charge in [-0.05, 0) is 29.3 Å². The first-order chi connectivity index (χ1) is 14.7. The zero-order valence-corrected chi connectivity index (χ0v) is 16.5. The molecule has 4 heteroatoms. The van der Waals surface area contributed by atoms with Gasteiger partial charge in [0.05, 0.1) is 11.1 Å². The Morgan fingerprint density at radius 3 is 1.87 bits per heavy atom. The number of hydrogen-bond donors (Lipinski definition) is 1. The molecule has 0 atom stereocenters. The van der Waals surface area contributed by atoms with Gasteiger partial charge in [0.2, 0.25) is 0 Å². The van der Waals surface area contributed by atoms with Gasteiger partial charge in [-0.1, -0.05) is 91.0 Å². The van der Waals surface area contributed by atoms with Crippen molar-refractivity contribution in [2.75, 3.05) is 13.2 Å². The molecule has 0 bridgehead atoms. The molecular formula is C26H23NO3. The first kappa shape index (κ1) is 20.8. The van der Waals surface area contributed by atoms with Crippen LogP contribution in [0.3, 0.4) is 0 Å².